The lowest BCUT2D eigenvalue weighted by Crippen LogP contribution is -2.50. The minimum absolute atomic E-state index is 0.328. The molecule has 0 radical (unpaired) electrons. The van der Waals surface area contributed by atoms with Crippen molar-refractivity contribution in [3.8, 4) is 5.88 Å². The second-order valence-corrected chi connectivity index (χ2v) is 5.12. The molecule has 0 aliphatic carbocycles. The third-order valence-corrected chi connectivity index (χ3v) is 3.79. The minimum Gasteiger partial charge on any atom is -0.460 e. The molecule has 2 heterocycles. The summed E-state index contributed by atoms with van der Waals surface area (Å²) in [5.41, 5.74) is 0.209. The van der Waals surface area contributed by atoms with Crippen LogP contribution >= 0.6 is 11.8 Å². The highest BCUT2D eigenvalue weighted by Crippen LogP contribution is 2.28. The fraction of sp³-hybridized carbons (Fsp3) is 0.545. The number of aromatic nitrogens is 1. The van der Waals surface area contributed by atoms with Gasteiger partial charge in [0.05, 0.1) is 6.10 Å². The third kappa shape index (κ3) is 2.90. The lowest BCUT2D eigenvalue weighted by atomic mass is 10.1. The van der Waals surface area contributed by atoms with Crippen molar-refractivity contribution >= 4 is 11.8 Å². The molecule has 2 rings (SSSR count). The molecule has 1 aliphatic rings. The second-order valence-electron chi connectivity index (χ2n) is 3.99. The van der Waals surface area contributed by atoms with E-state index in [-0.39, 0.29) is 0 Å². The average molecular weight is 257 g/mol. The largest absolute Gasteiger partial charge is 0.460 e. The van der Waals surface area contributed by atoms with Crippen LogP contribution in [0.2, 0.25) is 0 Å². The molecular formula is C11H15NO4S. The van der Waals surface area contributed by atoms with Gasteiger partial charge in [-0.3, -0.25) is 0 Å². The molecule has 6 heteroatoms. The van der Waals surface area contributed by atoms with Gasteiger partial charge in [0, 0.05) is 17.5 Å². The Balaban J connectivity index is 2.04. The Labute approximate surface area is 103 Å². The number of aliphatic hydroxyl groups is 3. The van der Waals surface area contributed by atoms with Crippen LogP contribution in [0.3, 0.4) is 0 Å². The first-order chi connectivity index (χ1) is 8.08. The number of rotatable bonds is 2. The highest BCUT2D eigenvalue weighted by atomic mass is 32.2. The van der Waals surface area contributed by atoms with E-state index >= 15 is 0 Å². The van der Waals surface area contributed by atoms with Gasteiger partial charge in [-0.1, -0.05) is 6.07 Å². The van der Waals surface area contributed by atoms with Gasteiger partial charge in [0.15, 0.2) is 5.44 Å². The van der Waals surface area contributed by atoms with Gasteiger partial charge in [0.1, 0.15) is 12.2 Å². The third-order valence-electron chi connectivity index (χ3n) is 2.55. The van der Waals surface area contributed by atoms with E-state index in [1.807, 2.05) is 19.1 Å². The molecule has 0 saturated carbocycles. The van der Waals surface area contributed by atoms with E-state index in [1.54, 1.807) is 6.07 Å². The molecule has 94 valence electrons. The molecule has 0 spiro atoms. The van der Waals surface area contributed by atoms with Gasteiger partial charge in [0.25, 0.3) is 0 Å². The molecule has 3 N–H and O–H groups in total. The number of ether oxygens (including phenoxy) is 1. The van der Waals surface area contributed by atoms with Crippen LogP contribution in [0, 0.1) is 6.92 Å². The van der Waals surface area contributed by atoms with Crippen LogP contribution in [-0.4, -0.2) is 49.8 Å². The summed E-state index contributed by atoms with van der Waals surface area (Å²) in [5, 5.41) is 28.7. The molecule has 1 aromatic rings. The SMILES string of the molecule is Cc1cccc(O[C@@H]2SC[C@@H](O)[C@H](O)[C@H]2O)n1. The highest BCUT2D eigenvalue weighted by molar-refractivity contribution is 7.99. The lowest BCUT2D eigenvalue weighted by Gasteiger charge is -2.34. The Morgan fingerprint density at radius 1 is 1.29 bits per heavy atom. The zero-order chi connectivity index (χ0) is 12.4. The first-order valence-corrected chi connectivity index (χ1v) is 6.39. The smallest absolute Gasteiger partial charge is 0.214 e. The first-order valence-electron chi connectivity index (χ1n) is 5.34. The van der Waals surface area contributed by atoms with Crippen molar-refractivity contribution in [2.75, 3.05) is 5.75 Å². The van der Waals surface area contributed by atoms with Crippen LogP contribution in [0.15, 0.2) is 18.2 Å². The number of aliphatic hydroxyl groups excluding tert-OH is 3. The van der Waals surface area contributed by atoms with Crippen LogP contribution in [0.5, 0.6) is 5.88 Å². The molecule has 17 heavy (non-hydrogen) atoms. The van der Waals surface area contributed by atoms with Crippen molar-refractivity contribution < 1.29 is 20.1 Å². The maximum absolute atomic E-state index is 9.75. The predicted molar refractivity (Wildman–Crippen MR) is 63.9 cm³/mol. The van der Waals surface area contributed by atoms with E-state index in [0.29, 0.717) is 11.6 Å². The number of thioether (sulfide) groups is 1. The van der Waals surface area contributed by atoms with Gasteiger partial charge in [-0.25, -0.2) is 4.98 Å². The standard InChI is InChI=1S/C11H15NO4S/c1-6-3-2-4-8(12-6)16-11-10(15)9(14)7(13)5-17-11/h2-4,7,9-11,13-15H,5H2,1H3/t7-,9+,10-,11-/m1/s1. The molecule has 1 fully saturated rings. The van der Waals surface area contributed by atoms with Crippen LogP contribution < -0.4 is 4.74 Å². The lowest BCUT2D eigenvalue weighted by molar-refractivity contribution is -0.0791. The Hall–Kier alpha value is -0.820. The molecule has 5 nitrogen and oxygen atoms in total. The summed E-state index contributed by atoms with van der Waals surface area (Å²) in [4.78, 5) is 4.15. The van der Waals surface area contributed by atoms with Crippen LogP contribution in [-0.2, 0) is 0 Å². The first kappa shape index (κ1) is 12.6. The summed E-state index contributed by atoms with van der Waals surface area (Å²) in [6.07, 6.45) is -3.21. The van der Waals surface area contributed by atoms with Crippen molar-refractivity contribution in [1.82, 2.24) is 4.98 Å². The minimum atomic E-state index is -1.17. The maximum Gasteiger partial charge on any atom is 0.214 e. The van der Waals surface area contributed by atoms with Crippen molar-refractivity contribution in [2.45, 2.75) is 30.7 Å². The number of aryl methyl sites for hydroxylation is 1. The number of hydrogen-bond donors (Lipinski definition) is 3. The van der Waals surface area contributed by atoms with Crippen molar-refractivity contribution in [2.24, 2.45) is 0 Å². The van der Waals surface area contributed by atoms with Crippen molar-refractivity contribution in [3.63, 3.8) is 0 Å². The molecular weight excluding hydrogens is 242 g/mol. The van der Waals surface area contributed by atoms with Crippen molar-refractivity contribution in [1.29, 1.82) is 0 Å². The van der Waals surface area contributed by atoms with Gasteiger partial charge < -0.3 is 20.1 Å². The summed E-state index contributed by atoms with van der Waals surface area (Å²) in [6.45, 7) is 1.84. The Kier molecular flexibility index (Phi) is 3.88. The molecule has 4 atom stereocenters. The number of pyridine rings is 1. The van der Waals surface area contributed by atoms with E-state index in [4.69, 9.17) is 4.74 Å². The van der Waals surface area contributed by atoms with Crippen LogP contribution in [0.4, 0.5) is 0 Å². The zero-order valence-electron chi connectivity index (χ0n) is 9.35. The fourth-order valence-electron chi connectivity index (χ4n) is 1.59. The highest BCUT2D eigenvalue weighted by Gasteiger charge is 2.38. The van der Waals surface area contributed by atoms with Crippen LogP contribution in [0.1, 0.15) is 5.69 Å². The maximum atomic E-state index is 9.75. The van der Waals surface area contributed by atoms with Gasteiger partial charge >= 0.3 is 0 Å². The summed E-state index contributed by atoms with van der Waals surface area (Å²) >= 11 is 1.26. The second kappa shape index (κ2) is 5.22. The number of hydrogen-bond acceptors (Lipinski definition) is 6. The predicted octanol–water partition coefficient (Wildman–Crippen LogP) is -0.0756. The Morgan fingerprint density at radius 3 is 2.76 bits per heavy atom. The van der Waals surface area contributed by atoms with E-state index in [0.717, 1.165) is 5.69 Å². The monoisotopic (exact) mass is 257 g/mol. The zero-order valence-corrected chi connectivity index (χ0v) is 10.2. The van der Waals surface area contributed by atoms with Crippen LogP contribution in [0.25, 0.3) is 0 Å². The summed E-state index contributed by atoms with van der Waals surface area (Å²) in [5.74, 6) is 0.736. The molecule has 0 unspecified atom stereocenters. The van der Waals surface area contributed by atoms with Gasteiger partial charge in [-0.15, -0.1) is 11.8 Å². The van der Waals surface area contributed by atoms with E-state index in [1.165, 1.54) is 11.8 Å². The van der Waals surface area contributed by atoms with E-state index in [9.17, 15) is 15.3 Å². The molecule has 1 aromatic heterocycles. The Bertz CT molecular complexity index is 389. The molecule has 1 saturated heterocycles. The normalized spacial score (nSPS) is 33.4. The molecule has 0 amide bonds. The summed E-state index contributed by atoms with van der Waals surface area (Å²) < 4.78 is 5.50. The van der Waals surface area contributed by atoms with E-state index in [2.05, 4.69) is 4.98 Å². The molecule has 0 bridgehead atoms. The van der Waals surface area contributed by atoms with E-state index < -0.39 is 23.7 Å². The van der Waals surface area contributed by atoms with Gasteiger partial charge in [0.2, 0.25) is 5.88 Å². The quantitative estimate of drug-likeness (QED) is 0.687. The summed E-state index contributed by atoms with van der Waals surface area (Å²) in [6, 6.07) is 5.34. The van der Waals surface area contributed by atoms with Gasteiger partial charge in [-0.05, 0) is 13.0 Å². The Morgan fingerprint density at radius 2 is 2.06 bits per heavy atom. The average Bonchev–Trinajstić information content (AvgIpc) is 2.30. The summed E-state index contributed by atoms with van der Waals surface area (Å²) in [7, 11) is 0. The molecule has 1 aliphatic heterocycles. The van der Waals surface area contributed by atoms with Gasteiger partial charge in [-0.2, -0.15) is 0 Å². The fourth-order valence-corrected chi connectivity index (χ4v) is 2.69. The number of nitrogens with zero attached hydrogens (tertiary/aromatic N) is 1. The van der Waals surface area contributed by atoms with Crippen molar-refractivity contribution in [3.05, 3.63) is 23.9 Å². The molecule has 0 aromatic carbocycles. The topological polar surface area (TPSA) is 82.8 Å².